The zero-order valence-corrected chi connectivity index (χ0v) is 15.0. The van der Waals surface area contributed by atoms with Crippen LogP contribution in [-0.4, -0.2) is 23.1 Å². The van der Waals surface area contributed by atoms with E-state index in [9.17, 15) is 14.9 Å². The normalized spacial score (nSPS) is 10.4. The molecule has 0 aromatic heterocycles. The number of benzene rings is 2. The molecule has 2 aromatic rings. The van der Waals surface area contributed by atoms with Gasteiger partial charge < -0.3 is 10.1 Å². The highest BCUT2D eigenvalue weighted by atomic mass is 32.1. The van der Waals surface area contributed by atoms with Crippen LogP contribution in [-0.2, 0) is 4.79 Å². The molecule has 0 bridgehead atoms. The van der Waals surface area contributed by atoms with Crippen molar-refractivity contribution in [2.24, 2.45) is 0 Å². The Bertz CT molecular complexity index is 863. The zero-order valence-electron chi connectivity index (χ0n) is 14.2. The van der Waals surface area contributed by atoms with Crippen LogP contribution in [0.5, 0.6) is 5.75 Å². The summed E-state index contributed by atoms with van der Waals surface area (Å²) in [7, 11) is 1.58. The van der Waals surface area contributed by atoms with Crippen LogP contribution < -0.4 is 15.4 Å². The molecule has 0 aliphatic heterocycles. The predicted molar refractivity (Wildman–Crippen MR) is 104 cm³/mol. The van der Waals surface area contributed by atoms with Crippen LogP contribution in [0.3, 0.4) is 0 Å². The van der Waals surface area contributed by atoms with Crippen molar-refractivity contribution in [2.75, 3.05) is 12.4 Å². The van der Waals surface area contributed by atoms with Crippen LogP contribution in [0.25, 0.3) is 6.08 Å². The number of hydrogen-bond donors (Lipinski definition) is 2. The molecule has 0 fully saturated rings. The number of ether oxygens (including phenoxy) is 1. The minimum atomic E-state index is -0.472. The van der Waals surface area contributed by atoms with Crippen LogP contribution in [0.2, 0.25) is 0 Å². The highest BCUT2D eigenvalue weighted by Gasteiger charge is 2.14. The van der Waals surface area contributed by atoms with E-state index in [0.29, 0.717) is 11.3 Å². The van der Waals surface area contributed by atoms with Crippen molar-refractivity contribution >= 4 is 40.7 Å². The maximum Gasteiger partial charge on any atom is 0.274 e. The third-order valence-electron chi connectivity index (χ3n) is 3.53. The summed E-state index contributed by atoms with van der Waals surface area (Å²) in [5.74, 6) is 0.311. The maximum absolute atomic E-state index is 11.9. The van der Waals surface area contributed by atoms with Gasteiger partial charge in [0.05, 0.1) is 23.3 Å². The Kier molecular flexibility index (Phi) is 6.40. The number of amides is 1. The van der Waals surface area contributed by atoms with Gasteiger partial charge in [-0.3, -0.25) is 20.2 Å². The Hall–Kier alpha value is -3.26. The van der Waals surface area contributed by atoms with E-state index < -0.39 is 10.8 Å². The molecule has 1 amide bonds. The van der Waals surface area contributed by atoms with Gasteiger partial charge in [0.2, 0.25) is 5.91 Å². The van der Waals surface area contributed by atoms with Gasteiger partial charge in [0.15, 0.2) is 5.11 Å². The summed E-state index contributed by atoms with van der Waals surface area (Å²) in [6.07, 6.45) is 2.98. The zero-order chi connectivity index (χ0) is 19.1. The molecule has 0 spiro atoms. The molecular weight excluding hydrogens is 354 g/mol. The maximum atomic E-state index is 11.9. The lowest BCUT2D eigenvalue weighted by atomic mass is 10.1. The minimum Gasteiger partial charge on any atom is -0.497 e. The van der Waals surface area contributed by atoms with Gasteiger partial charge in [0, 0.05) is 12.1 Å². The molecule has 0 aliphatic rings. The average molecular weight is 371 g/mol. The number of carbonyl (C=O) groups is 1. The number of rotatable bonds is 5. The van der Waals surface area contributed by atoms with E-state index in [1.165, 1.54) is 12.1 Å². The van der Waals surface area contributed by atoms with Crippen LogP contribution in [0.4, 0.5) is 11.4 Å². The lowest BCUT2D eigenvalue weighted by molar-refractivity contribution is -0.385. The van der Waals surface area contributed by atoms with Gasteiger partial charge in [-0.05, 0) is 49.0 Å². The second-order valence-electron chi connectivity index (χ2n) is 5.26. The molecule has 2 rings (SSSR count). The van der Waals surface area contributed by atoms with Crippen molar-refractivity contribution in [1.29, 1.82) is 0 Å². The van der Waals surface area contributed by atoms with Gasteiger partial charge in [-0.2, -0.15) is 0 Å². The van der Waals surface area contributed by atoms with Crippen LogP contribution >= 0.6 is 12.2 Å². The molecule has 0 atom stereocenters. The molecule has 8 heteroatoms. The quantitative estimate of drug-likeness (QED) is 0.362. The van der Waals surface area contributed by atoms with Gasteiger partial charge in [0.1, 0.15) is 5.75 Å². The van der Waals surface area contributed by atoms with Crippen LogP contribution in [0.15, 0.2) is 48.5 Å². The van der Waals surface area contributed by atoms with Gasteiger partial charge >= 0.3 is 0 Å². The Labute approximate surface area is 155 Å². The molecule has 134 valence electrons. The number of thiocarbonyl (C=S) groups is 1. The number of anilines is 1. The summed E-state index contributed by atoms with van der Waals surface area (Å²) in [5.41, 5.74) is 1.70. The van der Waals surface area contributed by atoms with E-state index in [1.54, 1.807) is 44.4 Å². The highest BCUT2D eigenvalue weighted by Crippen LogP contribution is 2.24. The van der Waals surface area contributed by atoms with E-state index in [0.717, 1.165) is 11.3 Å². The first-order valence-corrected chi connectivity index (χ1v) is 7.99. The van der Waals surface area contributed by atoms with Crippen molar-refractivity contribution in [3.63, 3.8) is 0 Å². The molecular formula is C18H17N3O4S. The standard InChI is InChI=1S/C18H17N3O4S/c1-12-15(4-3-5-16(12)21(23)24)19-18(26)20-17(22)11-8-13-6-9-14(25-2)10-7-13/h3-11H,1-2H3,(H2,19,20,22,26)/b11-8+. The SMILES string of the molecule is COc1ccc(/C=C/C(=O)NC(=S)Nc2cccc([N+](=O)[O-])c2C)cc1. The number of methoxy groups -OCH3 is 1. The first-order chi connectivity index (χ1) is 12.4. The number of carbonyl (C=O) groups excluding carboxylic acids is 1. The second-order valence-corrected chi connectivity index (χ2v) is 5.66. The van der Waals surface area contributed by atoms with Crippen molar-refractivity contribution in [3.05, 3.63) is 69.8 Å². The smallest absolute Gasteiger partial charge is 0.274 e. The lowest BCUT2D eigenvalue weighted by Gasteiger charge is -2.10. The monoisotopic (exact) mass is 371 g/mol. The molecule has 26 heavy (non-hydrogen) atoms. The Balaban J connectivity index is 1.97. The molecule has 2 N–H and O–H groups in total. The number of nitro groups is 1. The fourth-order valence-corrected chi connectivity index (χ4v) is 2.36. The van der Waals surface area contributed by atoms with Crippen molar-refractivity contribution in [1.82, 2.24) is 5.32 Å². The molecule has 0 saturated heterocycles. The molecule has 2 aromatic carbocycles. The van der Waals surface area contributed by atoms with Gasteiger partial charge in [-0.15, -0.1) is 0 Å². The Morgan fingerprint density at radius 1 is 1.23 bits per heavy atom. The Morgan fingerprint density at radius 3 is 2.54 bits per heavy atom. The van der Waals surface area contributed by atoms with E-state index >= 15 is 0 Å². The van der Waals surface area contributed by atoms with E-state index in [2.05, 4.69) is 10.6 Å². The van der Waals surface area contributed by atoms with Gasteiger partial charge in [-0.25, -0.2) is 0 Å². The molecule has 0 radical (unpaired) electrons. The van der Waals surface area contributed by atoms with Crippen LogP contribution in [0, 0.1) is 17.0 Å². The summed E-state index contributed by atoms with van der Waals surface area (Å²) >= 11 is 5.08. The van der Waals surface area contributed by atoms with E-state index in [-0.39, 0.29) is 10.8 Å². The Morgan fingerprint density at radius 2 is 1.92 bits per heavy atom. The van der Waals surface area contributed by atoms with Crippen molar-refractivity contribution < 1.29 is 14.5 Å². The third-order valence-corrected chi connectivity index (χ3v) is 3.73. The summed E-state index contributed by atoms with van der Waals surface area (Å²) in [5, 5.41) is 16.3. The third kappa shape index (κ3) is 5.12. The number of nitrogens with one attached hydrogen (secondary N) is 2. The minimum absolute atomic E-state index is 0.0245. The summed E-state index contributed by atoms with van der Waals surface area (Å²) in [6.45, 7) is 1.61. The number of hydrogen-bond acceptors (Lipinski definition) is 5. The first kappa shape index (κ1) is 19.1. The molecule has 0 unspecified atom stereocenters. The first-order valence-electron chi connectivity index (χ1n) is 7.59. The predicted octanol–water partition coefficient (Wildman–Crippen LogP) is 3.44. The van der Waals surface area contributed by atoms with Crippen molar-refractivity contribution in [2.45, 2.75) is 6.92 Å². The van der Waals surface area contributed by atoms with E-state index in [4.69, 9.17) is 17.0 Å². The largest absolute Gasteiger partial charge is 0.497 e. The molecule has 0 aliphatic carbocycles. The van der Waals surface area contributed by atoms with Gasteiger partial charge in [0.25, 0.3) is 5.69 Å². The van der Waals surface area contributed by atoms with Crippen molar-refractivity contribution in [3.8, 4) is 5.75 Å². The lowest BCUT2D eigenvalue weighted by Crippen LogP contribution is -2.33. The van der Waals surface area contributed by atoms with E-state index in [1.807, 2.05) is 12.1 Å². The molecule has 0 saturated carbocycles. The number of nitro benzene ring substituents is 1. The fourth-order valence-electron chi connectivity index (χ4n) is 2.15. The van der Waals surface area contributed by atoms with Gasteiger partial charge in [-0.1, -0.05) is 18.2 Å². The molecule has 0 heterocycles. The topological polar surface area (TPSA) is 93.5 Å². The summed E-state index contributed by atoms with van der Waals surface area (Å²) in [4.78, 5) is 22.4. The second kappa shape index (κ2) is 8.72. The highest BCUT2D eigenvalue weighted by molar-refractivity contribution is 7.80. The van der Waals surface area contributed by atoms with Crippen LogP contribution in [0.1, 0.15) is 11.1 Å². The summed E-state index contributed by atoms with van der Waals surface area (Å²) < 4.78 is 5.07. The summed E-state index contributed by atoms with van der Waals surface area (Å²) in [6, 6.07) is 11.8. The number of nitrogens with zero attached hydrogens (tertiary/aromatic N) is 1. The fraction of sp³-hybridized carbons (Fsp3) is 0.111. The molecule has 7 nitrogen and oxygen atoms in total. The average Bonchev–Trinajstić information content (AvgIpc) is 2.62.